The van der Waals surface area contributed by atoms with Crippen LogP contribution in [0.5, 0.6) is 11.5 Å². The van der Waals surface area contributed by atoms with Crippen molar-refractivity contribution in [3.8, 4) is 17.6 Å². The van der Waals surface area contributed by atoms with E-state index in [1.54, 1.807) is 24.3 Å². The Balaban J connectivity index is 1.35. The van der Waals surface area contributed by atoms with Gasteiger partial charge in [-0.3, -0.25) is 10.1 Å². The quantitative estimate of drug-likeness (QED) is 0.234. The molecule has 0 bridgehead atoms. The standard InChI is InChI=1S/C30H37N5O6/c1-35(21-6-4-3-5-7-21)12-13-41-30(39)33-24-15-27(40-2)20(14-19(24)16-31)17-32-18-26(37)22-8-10-25(36)29-23(22)9-11-28(38)34-29/h8-11,14-15,21,26,32,36-37H,3-7,12-13,17-18H2,1-2H3,(H,33,39)(H,34,38)/t26-/m0/s1. The third kappa shape index (κ3) is 7.55. The fraction of sp³-hybridized carbons (Fsp3) is 0.433. The number of aromatic nitrogens is 1. The van der Waals surface area contributed by atoms with Crippen LogP contribution in [-0.2, 0) is 11.3 Å². The lowest BCUT2D eigenvalue weighted by atomic mass is 9.94. The lowest BCUT2D eigenvalue weighted by Crippen LogP contribution is -2.36. The number of nitriles is 1. The predicted molar refractivity (Wildman–Crippen MR) is 155 cm³/mol. The number of nitrogens with zero attached hydrogens (tertiary/aromatic N) is 2. The van der Waals surface area contributed by atoms with Gasteiger partial charge in [0, 0.05) is 48.8 Å². The zero-order valence-corrected chi connectivity index (χ0v) is 23.4. The lowest BCUT2D eigenvalue weighted by molar-refractivity contribution is 0.123. The molecule has 1 heterocycles. The Morgan fingerprint density at radius 3 is 2.73 bits per heavy atom. The van der Waals surface area contributed by atoms with Crippen molar-refractivity contribution in [1.29, 1.82) is 5.26 Å². The number of benzene rings is 2. The fourth-order valence-electron chi connectivity index (χ4n) is 5.28. The van der Waals surface area contributed by atoms with Gasteiger partial charge in [-0.1, -0.05) is 25.3 Å². The highest BCUT2D eigenvalue weighted by molar-refractivity contribution is 5.88. The number of likely N-dealkylation sites (N-methyl/N-ethyl adjacent to an activating group) is 1. The first kappa shape index (κ1) is 29.9. The van der Waals surface area contributed by atoms with Gasteiger partial charge in [-0.25, -0.2) is 4.79 Å². The number of aromatic amines is 1. The third-order valence-electron chi connectivity index (χ3n) is 7.57. The highest BCUT2D eigenvalue weighted by Gasteiger charge is 2.19. The highest BCUT2D eigenvalue weighted by atomic mass is 16.5. The number of nitrogens with one attached hydrogen (secondary N) is 3. The van der Waals surface area contributed by atoms with Crippen LogP contribution in [0.4, 0.5) is 10.5 Å². The first-order valence-corrected chi connectivity index (χ1v) is 13.8. The summed E-state index contributed by atoms with van der Waals surface area (Å²) in [6, 6.07) is 11.7. The summed E-state index contributed by atoms with van der Waals surface area (Å²) >= 11 is 0. The van der Waals surface area contributed by atoms with Gasteiger partial charge in [0.15, 0.2) is 0 Å². The Hall–Kier alpha value is -4.11. The molecule has 4 rings (SSSR count). The number of aliphatic hydroxyl groups is 1. The van der Waals surface area contributed by atoms with E-state index < -0.39 is 12.2 Å². The number of methoxy groups -OCH3 is 1. The number of phenols is 1. The summed E-state index contributed by atoms with van der Waals surface area (Å²) < 4.78 is 10.9. The van der Waals surface area contributed by atoms with E-state index in [1.807, 2.05) is 0 Å². The Kier molecular flexibility index (Phi) is 10.2. The molecule has 1 amide bonds. The number of ether oxygens (including phenoxy) is 2. The second-order valence-corrected chi connectivity index (χ2v) is 10.3. The molecule has 0 unspecified atom stereocenters. The summed E-state index contributed by atoms with van der Waals surface area (Å²) in [5.41, 5.74) is 1.62. The van der Waals surface area contributed by atoms with Crippen LogP contribution in [0, 0.1) is 11.3 Å². The summed E-state index contributed by atoms with van der Waals surface area (Å²) in [5.74, 6) is 0.366. The topological polar surface area (TPSA) is 160 Å². The molecular weight excluding hydrogens is 526 g/mol. The molecule has 1 fully saturated rings. The Morgan fingerprint density at radius 2 is 2.00 bits per heavy atom. The summed E-state index contributed by atoms with van der Waals surface area (Å²) in [4.78, 5) is 28.9. The number of H-pyrrole nitrogens is 1. The molecule has 5 N–H and O–H groups in total. The number of amides is 1. The summed E-state index contributed by atoms with van der Waals surface area (Å²) in [5, 5.41) is 37.0. The molecule has 1 saturated carbocycles. The number of hydrogen-bond donors (Lipinski definition) is 5. The minimum Gasteiger partial charge on any atom is -0.506 e. The fourth-order valence-corrected chi connectivity index (χ4v) is 5.28. The molecule has 1 atom stereocenters. The molecule has 11 heteroatoms. The zero-order valence-electron chi connectivity index (χ0n) is 23.4. The van der Waals surface area contributed by atoms with Crippen molar-refractivity contribution in [2.75, 3.05) is 39.2 Å². The molecule has 0 aliphatic heterocycles. The normalized spacial score (nSPS) is 14.5. The molecular formula is C30H37N5O6. The van der Waals surface area contributed by atoms with Crippen LogP contribution in [0.2, 0.25) is 0 Å². The number of carbonyl (C=O) groups is 1. The highest BCUT2D eigenvalue weighted by Crippen LogP contribution is 2.30. The van der Waals surface area contributed by atoms with E-state index in [4.69, 9.17) is 9.47 Å². The first-order valence-electron chi connectivity index (χ1n) is 13.8. The summed E-state index contributed by atoms with van der Waals surface area (Å²) in [6.07, 6.45) is 4.51. The van der Waals surface area contributed by atoms with Gasteiger partial charge in [0.1, 0.15) is 24.2 Å². The maximum atomic E-state index is 12.5. The molecule has 41 heavy (non-hydrogen) atoms. The van der Waals surface area contributed by atoms with Gasteiger partial charge in [0.25, 0.3) is 0 Å². The molecule has 2 aromatic carbocycles. The van der Waals surface area contributed by atoms with Crippen molar-refractivity contribution < 1.29 is 24.5 Å². The van der Waals surface area contributed by atoms with E-state index in [2.05, 4.69) is 33.6 Å². The van der Waals surface area contributed by atoms with Crippen molar-refractivity contribution in [1.82, 2.24) is 15.2 Å². The second-order valence-electron chi connectivity index (χ2n) is 10.3. The number of anilines is 1. The molecule has 1 aliphatic rings. The molecule has 0 radical (unpaired) electrons. The Morgan fingerprint density at radius 1 is 1.22 bits per heavy atom. The maximum Gasteiger partial charge on any atom is 0.411 e. The third-order valence-corrected chi connectivity index (χ3v) is 7.57. The minimum atomic E-state index is -0.946. The number of phenolic OH excluding ortho intramolecular Hbond substituents is 1. The van der Waals surface area contributed by atoms with Crippen LogP contribution in [0.1, 0.15) is 54.9 Å². The van der Waals surface area contributed by atoms with E-state index in [0.717, 1.165) is 0 Å². The van der Waals surface area contributed by atoms with Crippen LogP contribution < -0.4 is 20.9 Å². The molecule has 3 aromatic rings. The number of aliphatic hydroxyl groups excluding tert-OH is 1. The van der Waals surface area contributed by atoms with Gasteiger partial charge in [0.05, 0.1) is 30.0 Å². The van der Waals surface area contributed by atoms with Gasteiger partial charge in [-0.2, -0.15) is 5.26 Å². The number of pyridine rings is 1. The van der Waals surface area contributed by atoms with Crippen molar-refractivity contribution >= 4 is 22.7 Å². The van der Waals surface area contributed by atoms with E-state index >= 15 is 0 Å². The van der Waals surface area contributed by atoms with E-state index in [-0.39, 0.29) is 47.8 Å². The molecule has 218 valence electrons. The number of carbonyl (C=O) groups excluding carboxylic acids is 1. The van der Waals surface area contributed by atoms with Crippen LogP contribution in [0.15, 0.2) is 41.2 Å². The van der Waals surface area contributed by atoms with Crippen molar-refractivity contribution in [3.05, 3.63) is 63.4 Å². The van der Waals surface area contributed by atoms with E-state index in [0.29, 0.717) is 34.8 Å². The number of fused-ring (bicyclic) bond motifs is 1. The number of rotatable bonds is 11. The molecule has 1 aliphatic carbocycles. The maximum absolute atomic E-state index is 12.5. The van der Waals surface area contributed by atoms with Gasteiger partial charge < -0.3 is 34.9 Å². The first-order chi connectivity index (χ1) is 19.8. The lowest BCUT2D eigenvalue weighted by Gasteiger charge is -2.30. The number of hydrogen-bond acceptors (Lipinski definition) is 9. The van der Waals surface area contributed by atoms with Gasteiger partial charge in [0.2, 0.25) is 5.56 Å². The second kappa shape index (κ2) is 14.0. The van der Waals surface area contributed by atoms with Crippen LogP contribution in [0.3, 0.4) is 0 Å². The summed E-state index contributed by atoms with van der Waals surface area (Å²) in [7, 11) is 3.54. The van der Waals surface area contributed by atoms with Crippen molar-refractivity contribution in [3.63, 3.8) is 0 Å². The summed E-state index contributed by atoms with van der Waals surface area (Å²) in [6.45, 7) is 1.29. The number of aromatic hydroxyl groups is 1. The van der Waals surface area contributed by atoms with Gasteiger partial charge in [-0.15, -0.1) is 0 Å². The van der Waals surface area contributed by atoms with Crippen molar-refractivity contribution in [2.45, 2.75) is 50.8 Å². The van der Waals surface area contributed by atoms with Crippen molar-refractivity contribution in [2.24, 2.45) is 0 Å². The van der Waals surface area contributed by atoms with E-state index in [9.17, 15) is 25.1 Å². The van der Waals surface area contributed by atoms with E-state index in [1.165, 1.54) is 51.3 Å². The Labute approximate surface area is 238 Å². The zero-order chi connectivity index (χ0) is 29.4. The molecule has 11 nitrogen and oxygen atoms in total. The van der Waals surface area contributed by atoms with Gasteiger partial charge in [-0.05, 0) is 43.7 Å². The monoisotopic (exact) mass is 563 g/mol. The average molecular weight is 564 g/mol. The largest absolute Gasteiger partial charge is 0.506 e. The Bertz CT molecular complexity index is 1460. The van der Waals surface area contributed by atoms with Crippen LogP contribution in [-0.4, -0.2) is 66.1 Å². The molecule has 0 saturated heterocycles. The van der Waals surface area contributed by atoms with Gasteiger partial charge >= 0.3 is 6.09 Å². The minimum absolute atomic E-state index is 0.0836. The van der Waals surface area contributed by atoms with Crippen LogP contribution in [0.25, 0.3) is 10.9 Å². The average Bonchev–Trinajstić information content (AvgIpc) is 2.98. The predicted octanol–water partition coefficient (Wildman–Crippen LogP) is 3.75. The van der Waals surface area contributed by atoms with Crippen LogP contribution >= 0.6 is 0 Å². The molecule has 0 spiro atoms. The molecule has 1 aromatic heterocycles. The SMILES string of the molecule is COc1cc(NC(=O)OCCN(C)C2CCCCC2)c(C#N)cc1CNC[C@H](O)c1ccc(O)c2[nH]c(=O)ccc12. The smallest absolute Gasteiger partial charge is 0.411 e.